The van der Waals surface area contributed by atoms with Gasteiger partial charge in [0.05, 0.1) is 23.7 Å². The van der Waals surface area contributed by atoms with Gasteiger partial charge in [0.2, 0.25) is 0 Å². The van der Waals surface area contributed by atoms with Crippen molar-refractivity contribution in [2.24, 2.45) is 0 Å². The number of thioether (sulfide) groups is 1. The Bertz CT molecular complexity index is 821. The summed E-state index contributed by atoms with van der Waals surface area (Å²) in [6, 6.07) is 13.9. The summed E-state index contributed by atoms with van der Waals surface area (Å²) in [4.78, 5) is 1.04. The van der Waals surface area contributed by atoms with Crippen LogP contribution in [0, 0.1) is 11.3 Å². The maximum absolute atomic E-state index is 8.74. The minimum absolute atomic E-state index is 0.470. The molecule has 2 aromatic heterocycles. The first-order valence-electron chi connectivity index (χ1n) is 6.97. The predicted octanol–water partition coefficient (Wildman–Crippen LogP) is 4.01. The first kappa shape index (κ1) is 15.6. The predicted molar refractivity (Wildman–Crippen MR) is 92.2 cm³/mol. The summed E-state index contributed by atoms with van der Waals surface area (Å²) < 4.78 is 7.48. The monoisotopic (exact) mass is 342 g/mol. The number of nitrogens with zero attached hydrogens (tertiary/aromatic N) is 4. The highest BCUT2D eigenvalue weighted by Gasteiger charge is 2.19. The average Bonchev–Trinajstić information content (AvgIpc) is 3.24. The van der Waals surface area contributed by atoms with Gasteiger partial charge in [-0.1, -0.05) is 30.0 Å². The Kier molecular flexibility index (Phi) is 4.95. The standard InChI is InChI=1S/C16H14N4OS2/c1-21-13-7-3-2-6-12(13)20-15(14-8-4-10-22-14)18-19-16(20)23-11-5-9-17/h2-4,6-8,10H,5,11H2,1H3. The molecule has 0 aliphatic carbocycles. The quantitative estimate of drug-likeness (QED) is 0.500. The highest BCUT2D eigenvalue weighted by atomic mass is 32.2. The van der Waals surface area contributed by atoms with Crippen LogP contribution in [-0.4, -0.2) is 27.6 Å². The Morgan fingerprint density at radius 2 is 2.13 bits per heavy atom. The van der Waals surface area contributed by atoms with E-state index in [9.17, 15) is 0 Å². The number of hydrogen-bond acceptors (Lipinski definition) is 6. The van der Waals surface area contributed by atoms with Crippen LogP contribution in [0.4, 0.5) is 0 Å². The molecule has 0 saturated heterocycles. The van der Waals surface area contributed by atoms with Gasteiger partial charge in [-0.3, -0.25) is 4.57 Å². The molecule has 5 nitrogen and oxygen atoms in total. The molecule has 2 heterocycles. The Morgan fingerprint density at radius 1 is 1.26 bits per heavy atom. The van der Waals surface area contributed by atoms with E-state index in [2.05, 4.69) is 16.3 Å². The number of para-hydroxylation sites is 2. The van der Waals surface area contributed by atoms with Crippen LogP contribution in [0.25, 0.3) is 16.4 Å². The molecular weight excluding hydrogens is 328 g/mol. The second kappa shape index (κ2) is 7.31. The number of aromatic nitrogens is 3. The summed E-state index contributed by atoms with van der Waals surface area (Å²) >= 11 is 3.13. The van der Waals surface area contributed by atoms with E-state index in [4.69, 9.17) is 10.00 Å². The van der Waals surface area contributed by atoms with E-state index in [1.165, 1.54) is 11.8 Å². The lowest BCUT2D eigenvalue weighted by Crippen LogP contribution is -2.01. The lowest BCUT2D eigenvalue weighted by atomic mass is 10.3. The third-order valence-electron chi connectivity index (χ3n) is 3.15. The molecule has 0 radical (unpaired) electrons. The third-order valence-corrected chi connectivity index (χ3v) is 4.94. The number of ether oxygens (including phenoxy) is 1. The fraction of sp³-hybridized carbons (Fsp3) is 0.188. The summed E-state index contributed by atoms with van der Waals surface area (Å²) in [5.41, 5.74) is 0.892. The van der Waals surface area contributed by atoms with E-state index < -0.39 is 0 Å². The van der Waals surface area contributed by atoms with Crippen molar-refractivity contribution in [1.29, 1.82) is 5.26 Å². The highest BCUT2D eigenvalue weighted by Crippen LogP contribution is 2.34. The molecule has 1 aromatic carbocycles. The van der Waals surface area contributed by atoms with Gasteiger partial charge in [-0.05, 0) is 23.6 Å². The molecule has 0 aliphatic rings. The minimum Gasteiger partial charge on any atom is -0.495 e. The van der Waals surface area contributed by atoms with Crippen molar-refractivity contribution in [2.75, 3.05) is 12.9 Å². The number of hydrogen-bond donors (Lipinski definition) is 0. The van der Waals surface area contributed by atoms with Crippen molar-refractivity contribution in [3.63, 3.8) is 0 Å². The van der Waals surface area contributed by atoms with E-state index >= 15 is 0 Å². The number of thiophene rings is 1. The Labute approximate surface area is 142 Å². The fourth-order valence-electron chi connectivity index (χ4n) is 2.15. The molecule has 3 rings (SSSR count). The van der Waals surface area contributed by atoms with Crippen LogP contribution in [0.15, 0.2) is 46.9 Å². The topological polar surface area (TPSA) is 63.7 Å². The van der Waals surface area contributed by atoms with Gasteiger partial charge in [-0.2, -0.15) is 5.26 Å². The molecule has 0 saturated carbocycles. The van der Waals surface area contributed by atoms with Crippen LogP contribution >= 0.6 is 23.1 Å². The summed E-state index contributed by atoms with van der Waals surface area (Å²) in [7, 11) is 1.65. The molecular formula is C16H14N4OS2. The van der Waals surface area contributed by atoms with Gasteiger partial charge in [0.25, 0.3) is 0 Å². The first-order valence-corrected chi connectivity index (χ1v) is 8.84. The molecule has 7 heteroatoms. The third kappa shape index (κ3) is 3.23. The zero-order valence-corrected chi connectivity index (χ0v) is 14.1. The summed E-state index contributed by atoms with van der Waals surface area (Å²) in [6.07, 6.45) is 0.470. The van der Waals surface area contributed by atoms with Crippen LogP contribution in [0.3, 0.4) is 0 Å². The second-order valence-electron chi connectivity index (χ2n) is 4.55. The van der Waals surface area contributed by atoms with Crippen molar-refractivity contribution in [3.8, 4) is 28.2 Å². The second-order valence-corrected chi connectivity index (χ2v) is 6.56. The minimum atomic E-state index is 0.470. The normalized spacial score (nSPS) is 10.4. The zero-order chi connectivity index (χ0) is 16.1. The maximum Gasteiger partial charge on any atom is 0.196 e. The molecule has 0 N–H and O–H groups in total. The lowest BCUT2D eigenvalue weighted by molar-refractivity contribution is 0.412. The first-order chi connectivity index (χ1) is 11.3. The lowest BCUT2D eigenvalue weighted by Gasteiger charge is -2.12. The van der Waals surface area contributed by atoms with E-state index in [-0.39, 0.29) is 0 Å². The van der Waals surface area contributed by atoms with Crippen LogP contribution < -0.4 is 4.74 Å². The summed E-state index contributed by atoms with van der Waals surface area (Å²) in [5.74, 6) is 2.21. The molecule has 23 heavy (non-hydrogen) atoms. The summed E-state index contributed by atoms with van der Waals surface area (Å²) in [5, 5.41) is 20.2. The Hall–Kier alpha value is -2.30. The van der Waals surface area contributed by atoms with Gasteiger partial charge in [-0.25, -0.2) is 0 Å². The fourth-order valence-corrected chi connectivity index (χ4v) is 3.64. The highest BCUT2D eigenvalue weighted by molar-refractivity contribution is 7.99. The molecule has 0 spiro atoms. The van der Waals surface area contributed by atoms with Crippen molar-refractivity contribution in [2.45, 2.75) is 11.6 Å². The SMILES string of the molecule is COc1ccccc1-n1c(SCCC#N)nnc1-c1cccs1. The van der Waals surface area contributed by atoms with Gasteiger partial charge in [-0.15, -0.1) is 21.5 Å². The maximum atomic E-state index is 8.74. The van der Waals surface area contributed by atoms with Crippen LogP contribution in [0.2, 0.25) is 0 Å². The van der Waals surface area contributed by atoms with E-state index in [1.54, 1.807) is 18.4 Å². The van der Waals surface area contributed by atoms with Gasteiger partial charge in [0.15, 0.2) is 11.0 Å². The molecule has 0 aliphatic heterocycles. The smallest absolute Gasteiger partial charge is 0.196 e. The summed E-state index contributed by atoms with van der Waals surface area (Å²) in [6.45, 7) is 0. The largest absolute Gasteiger partial charge is 0.495 e. The van der Waals surface area contributed by atoms with Crippen LogP contribution in [-0.2, 0) is 0 Å². The van der Waals surface area contributed by atoms with Crippen molar-refractivity contribution >= 4 is 23.1 Å². The number of rotatable bonds is 6. The van der Waals surface area contributed by atoms with Gasteiger partial charge in [0.1, 0.15) is 5.75 Å². The van der Waals surface area contributed by atoms with E-state index in [0.717, 1.165) is 27.3 Å². The average molecular weight is 342 g/mol. The van der Waals surface area contributed by atoms with Crippen molar-refractivity contribution < 1.29 is 4.74 Å². The van der Waals surface area contributed by atoms with E-state index in [1.807, 2.05) is 46.3 Å². The molecule has 0 bridgehead atoms. The molecule has 0 fully saturated rings. The van der Waals surface area contributed by atoms with Crippen molar-refractivity contribution in [3.05, 3.63) is 41.8 Å². The Morgan fingerprint density at radius 3 is 2.87 bits per heavy atom. The number of methoxy groups -OCH3 is 1. The van der Waals surface area contributed by atoms with Gasteiger partial charge < -0.3 is 4.74 Å². The van der Waals surface area contributed by atoms with Crippen LogP contribution in [0.1, 0.15) is 6.42 Å². The molecule has 116 valence electrons. The van der Waals surface area contributed by atoms with Gasteiger partial charge >= 0.3 is 0 Å². The number of nitriles is 1. The molecule has 3 aromatic rings. The molecule has 0 amide bonds. The van der Waals surface area contributed by atoms with Crippen molar-refractivity contribution in [1.82, 2.24) is 14.8 Å². The molecule has 0 atom stereocenters. The van der Waals surface area contributed by atoms with Gasteiger partial charge in [0, 0.05) is 12.2 Å². The zero-order valence-electron chi connectivity index (χ0n) is 12.5. The molecule has 0 unspecified atom stereocenters. The Balaban J connectivity index is 2.11. The van der Waals surface area contributed by atoms with E-state index in [0.29, 0.717) is 12.2 Å². The number of benzene rings is 1. The van der Waals surface area contributed by atoms with Crippen LogP contribution in [0.5, 0.6) is 5.75 Å².